The molecule has 35 heavy (non-hydrogen) atoms. The molecule has 3 aromatic rings. The van der Waals surface area contributed by atoms with Crippen LogP contribution in [-0.4, -0.2) is 49.4 Å². The van der Waals surface area contributed by atoms with Gasteiger partial charge in [-0.25, -0.2) is 4.98 Å². The second-order valence-corrected chi connectivity index (χ2v) is 9.34. The van der Waals surface area contributed by atoms with E-state index in [1.54, 1.807) is 0 Å². The molecule has 1 aromatic heterocycles. The molecule has 1 aliphatic rings. The lowest BCUT2D eigenvalue weighted by Gasteiger charge is -2.30. The molecule has 1 fully saturated rings. The maximum Gasteiger partial charge on any atom is 0.225 e. The minimum atomic E-state index is -0.282. The van der Waals surface area contributed by atoms with E-state index in [9.17, 15) is 0 Å². The largest absolute Gasteiger partial charge is 0.362 e. The molecule has 0 saturated heterocycles. The molecule has 188 valence electrons. The number of nitrogens with zero attached hydrogens (tertiary/aromatic N) is 3. The van der Waals surface area contributed by atoms with Gasteiger partial charge in [-0.2, -0.15) is 4.98 Å². The third kappa shape index (κ3) is 6.69. The second kappa shape index (κ2) is 12.3. The minimum absolute atomic E-state index is 0.282. The molecule has 0 atom stereocenters. The van der Waals surface area contributed by atoms with Crippen molar-refractivity contribution in [1.29, 1.82) is 0 Å². The predicted octanol–water partition coefficient (Wildman–Crippen LogP) is 5.28. The van der Waals surface area contributed by atoms with Crippen molar-refractivity contribution in [2.24, 2.45) is 0 Å². The molecule has 1 saturated carbocycles. The zero-order valence-electron chi connectivity index (χ0n) is 21.5. The summed E-state index contributed by atoms with van der Waals surface area (Å²) in [6.07, 6.45) is 4.21. The highest BCUT2D eigenvalue weighted by atomic mass is 16.7. The molecule has 1 heterocycles. The molecule has 0 radical (unpaired) electrons. The average molecular weight is 478 g/mol. The lowest BCUT2D eigenvalue weighted by atomic mass is 9.91. The number of fused-ring (bicyclic) bond motifs is 1. The summed E-state index contributed by atoms with van der Waals surface area (Å²) in [5.41, 5.74) is 3.32. The van der Waals surface area contributed by atoms with Gasteiger partial charge < -0.3 is 25.0 Å². The summed E-state index contributed by atoms with van der Waals surface area (Å²) in [7, 11) is 4.05. The highest BCUT2D eigenvalue weighted by Crippen LogP contribution is 2.26. The molecule has 2 aromatic carbocycles. The Morgan fingerprint density at radius 3 is 2.20 bits per heavy atom. The summed E-state index contributed by atoms with van der Waals surface area (Å²) in [5, 5.41) is 8.42. The molecule has 0 spiro atoms. The van der Waals surface area contributed by atoms with Crippen molar-refractivity contribution in [2.45, 2.75) is 64.4 Å². The topological polar surface area (TPSA) is 71.5 Å². The zero-order valence-corrected chi connectivity index (χ0v) is 21.5. The van der Waals surface area contributed by atoms with Crippen molar-refractivity contribution in [3.63, 3.8) is 0 Å². The molecule has 1 aliphatic carbocycles. The first kappa shape index (κ1) is 25.4. The zero-order chi connectivity index (χ0) is 24.6. The Labute approximate surface area is 209 Å². The van der Waals surface area contributed by atoms with Gasteiger partial charge in [0.2, 0.25) is 5.95 Å². The third-order valence-electron chi connectivity index (χ3n) is 6.55. The number of nitrogens with one attached hydrogen (secondary N) is 2. The van der Waals surface area contributed by atoms with Gasteiger partial charge in [-0.1, -0.05) is 36.4 Å². The van der Waals surface area contributed by atoms with Crippen LogP contribution >= 0.6 is 0 Å². The monoisotopic (exact) mass is 477 g/mol. The van der Waals surface area contributed by atoms with Crippen molar-refractivity contribution in [1.82, 2.24) is 15.3 Å². The first-order valence-electron chi connectivity index (χ1n) is 12.8. The number of hydrogen-bond acceptors (Lipinski definition) is 7. The van der Waals surface area contributed by atoms with Gasteiger partial charge in [-0.05, 0) is 57.2 Å². The lowest BCUT2D eigenvalue weighted by Crippen LogP contribution is -2.37. The van der Waals surface area contributed by atoms with Crippen molar-refractivity contribution >= 4 is 22.7 Å². The molecule has 2 N–H and O–H groups in total. The summed E-state index contributed by atoms with van der Waals surface area (Å²) in [6, 6.07) is 17.7. The van der Waals surface area contributed by atoms with Gasteiger partial charge in [0.25, 0.3) is 0 Å². The van der Waals surface area contributed by atoms with Crippen molar-refractivity contribution in [3.05, 3.63) is 59.7 Å². The van der Waals surface area contributed by atoms with Gasteiger partial charge >= 0.3 is 0 Å². The fourth-order valence-electron chi connectivity index (χ4n) is 4.69. The quantitative estimate of drug-likeness (QED) is 0.364. The Morgan fingerprint density at radius 1 is 0.886 bits per heavy atom. The highest BCUT2D eigenvalue weighted by Gasteiger charge is 2.22. The molecule has 0 amide bonds. The number of ether oxygens (including phenoxy) is 2. The van der Waals surface area contributed by atoms with Gasteiger partial charge in [0.15, 0.2) is 6.29 Å². The Bertz CT molecular complexity index is 1060. The lowest BCUT2D eigenvalue weighted by molar-refractivity contribution is -0.140. The minimum Gasteiger partial charge on any atom is -0.362 e. The number of hydrogen-bond donors (Lipinski definition) is 2. The predicted molar refractivity (Wildman–Crippen MR) is 143 cm³/mol. The number of rotatable bonds is 11. The van der Waals surface area contributed by atoms with E-state index >= 15 is 0 Å². The summed E-state index contributed by atoms with van der Waals surface area (Å²) >= 11 is 0. The highest BCUT2D eigenvalue weighted by molar-refractivity contribution is 5.90. The van der Waals surface area contributed by atoms with Crippen LogP contribution in [0.2, 0.25) is 0 Å². The summed E-state index contributed by atoms with van der Waals surface area (Å²) in [5.74, 6) is 1.68. The van der Waals surface area contributed by atoms with Crippen molar-refractivity contribution < 1.29 is 9.47 Å². The first-order valence-corrected chi connectivity index (χ1v) is 12.8. The number of aromatic nitrogens is 2. The molecular weight excluding hydrogens is 438 g/mol. The molecule has 7 nitrogen and oxygen atoms in total. The maximum atomic E-state index is 5.70. The number of anilines is 2. The van der Waals surface area contributed by atoms with E-state index < -0.39 is 0 Å². The van der Waals surface area contributed by atoms with E-state index in [1.807, 2.05) is 40.1 Å². The van der Waals surface area contributed by atoms with Crippen LogP contribution in [0.1, 0.15) is 56.9 Å². The molecule has 0 aliphatic heterocycles. The van der Waals surface area contributed by atoms with Crippen LogP contribution in [0.5, 0.6) is 0 Å². The molecule has 4 rings (SSSR count). The van der Waals surface area contributed by atoms with Crippen LogP contribution in [-0.2, 0) is 16.0 Å². The van der Waals surface area contributed by atoms with Crippen LogP contribution in [0.4, 0.5) is 11.8 Å². The van der Waals surface area contributed by atoms with Gasteiger partial charge in [-0.15, -0.1) is 0 Å². The van der Waals surface area contributed by atoms with Gasteiger partial charge in [0, 0.05) is 56.9 Å². The normalized spacial score (nSPS) is 18.2. The molecule has 7 heteroatoms. The standard InChI is InChI=1S/C28H39N5O2/c1-5-34-27(35-6-2)21-13-11-20(12-14-21)19-29-22-15-17-23(18-16-22)30-28-31-25-10-8-7-9-24(25)26(32-28)33(3)4/h7-14,22-23,27,29H,5-6,15-19H2,1-4H3,(H,30,31,32). The second-order valence-electron chi connectivity index (χ2n) is 9.34. The van der Waals surface area contributed by atoms with Crippen molar-refractivity contribution in [3.8, 4) is 0 Å². The summed E-state index contributed by atoms with van der Waals surface area (Å²) in [4.78, 5) is 11.6. The smallest absolute Gasteiger partial charge is 0.225 e. The van der Waals surface area contributed by atoms with Crippen molar-refractivity contribution in [2.75, 3.05) is 37.5 Å². The van der Waals surface area contributed by atoms with Crippen LogP contribution in [0, 0.1) is 0 Å². The van der Waals surface area contributed by atoms with Gasteiger partial charge in [0.1, 0.15) is 5.82 Å². The van der Waals surface area contributed by atoms with Crippen LogP contribution in [0.3, 0.4) is 0 Å². The van der Waals surface area contributed by atoms with E-state index in [0.29, 0.717) is 25.3 Å². The average Bonchev–Trinajstić information content (AvgIpc) is 2.88. The Hall–Kier alpha value is -2.74. The van der Waals surface area contributed by atoms with Gasteiger partial charge in [-0.3, -0.25) is 0 Å². The Kier molecular flexibility index (Phi) is 8.90. The number of benzene rings is 2. The fourth-order valence-corrected chi connectivity index (χ4v) is 4.69. The summed E-state index contributed by atoms with van der Waals surface area (Å²) < 4.78 is 11.4. The molecule has 0 unspecified atom stereocenters. The van der Waals surface area contributed by atoms with E-state index in [4.69, 9.17) is 19.4 Å². The fraction of sp³-hybridized carbons (Fsp3) is 0.500. The van der Waals surface area contributed by atoms with Gasteiger partial charge in [0.05, 0.1) is 5.52 Å². The van der Waals surface area contributed by atoms with E-state index in [1.165, 1.54) is 5.56 Å². The SMILES string of the molecule is CCOC(OCC)c1ccc(CNC2CCC(Nc3nc(N(C)C)c4ccccc4n3)CC2)cc1. The molecule has 0 bridgehead atoms. The van der Waals surface area contributed by atoms with Crippen LogP contribution < -0.4 is 15.5 Å². The third-order valence-corrected chi connectivity index (χ3v) is 6.55. The first-order chi connectivity index (χ1) is 17.1. The molecular formula is C28H39N5O2. The van der Waals surface area contributed by atoms with E-state index in [-0.39, 0.29) is 6.29 Å². The van der Waals surface area contributed by atoms with E-state index in [2.05, 4.69) is 51.9 Å². The Morgan fingerprint density at radius 2 is 1.54 bits per heavy atom. The van der Waals surface area contributed by atoms with Crippen LogP contribution in [0.25, 0.3) is 10.9 Å². The summed E-state index contributed by atoms with van der Waals surface area (Å²) in [6.45, 7) is 6.12. The number of para-hydroxylation sites is 1. The van der Waals surface area contributed by atoms with E-state index in [0.717, 1.165) is 60.5 Å². The maximum absolute atomic E-state index is 5.70. The Balaban J connectivity index is 1.27. The van der Waals surface area contributed by atoms with Crippen LogP contribution in [0.15, 0.2) is 48.5 Å².